The zero-order valence-electron chi connectivity index (χ0n) is 53.1. The van der Waals surface area contributed by atoms with Crippen molar-refractivity contribution in [2.75, 3.05) is 13.2 Å². The third kappa shape index (κ3) is 67.2. The maximum absolute atomic E-state index is 12.9. The van der Waals surface area contributed by atoms with Gasteiger partial charge in [-0.05, 0) is 154 Å². The number of allylic oxidation sites excluding steroid dienone is 30. The van der Waals surface area contributed by atoms with Gasteiger partial charge in [-0.25, -0.2) is 0 Å². The molecule has 1 atom stereocenters. The van der Waals surface area contributed by atoms with Crippen LogP contribution in [0.5, 0.6) is 0 Å². The van der Waals surface area contributed by atoms with Crippen LogP contribution in [0.1, 0.15) is 265 Å². The normalized spacial score (nSPS) is 13.3. The average Bonchev–Trinajstić information content (AvgIpc) is 3.49. The fraction of sp³-hybridized carbons (Fsp3) is 0.571. The summed E-state index contributed by atoms with van der Waals surface area (Å²) in [6.07, 6.45) is 103. The fourth-order valence-corrected chi connectivity index (χ4v) is 8.52. The number of hydrogen-bond donors (Lipinski definition) is 0. The monoisotopic (exact) mass is 1140 g/mol. The molecule has 0 spiro atoms. The highest BCUT2D eigenvalue weighted by atomic mass is 16.6. The molecule has 6 heteroatoms. The Kier molecular flexibility index (Phi) is 64.4. The molecule has 6 nitrogen and oxygen atoms in total. The number of esters is 3. The number of carbonyl (C=O) groups excluding carboxylic acids is 3. The van der Waals surface area contributed by atoms with Crippen LogP contribution in [0.4, 0.5) is 0 Å². The van der Waals surface area contributed by atoms with Crippen molar-refractivity contribution in [2.45, 2.75) is 271 Å². The molecule has 0 aliphatic rings. The molecule has 0 aliphatic heterocycles. The van der Waals surface area contributed by atoms with Gasteiger partial charge in [0.15, 0.2) is 6.10 Å². The quantitative estimate of drug-likeness (QED) is 0.0261. The first kappa shape index (κ1) is 77.5. The Morgan fingerprint density at radius 2 is 0.434 bits per heavy atom. The van der Waals surface area contributed by atoms with Crippen molar-refractivity contribution in [1.29, 1.82) is 0 Å². The highest BCUT2D eigenvalue weighted by Gasteiger charge is 2.19. The molecule has 0 fully saturated rings. The summed E-state index contributed by atoms with van der Waals surface area (Å²) in [7, 11) is 0. The van der Waals surface area contributed by atoms with Gasteiger partial charge < -0.3 is 14.2 Å². The second-order valence-corrected chi connectivity index (χ2v) is 21.2. The summed E-state index contributed by atoms with van der Waals surface area (Å²) in [5.41, 5.74) is 0. The fourth-order valence-electron chi connectivity index (χ4n) is 8.52. The molecular formula is C77H120O6. The van der Waals surface area contributed by atoms with E-state index in [0.29, 0.717) is 19.3 Å². The Labute approximate surface area is 510 Å². The first-order chi connectivity index (χ1) is 41.0. The van der Waals surface area contributed by atoms with E-state index >= 15 is 0 Å². The summed E-state index contributed by atoms with van der Waals surface area (Å²) in [6.45, 7) is 6.24. The van der Waals surface area contributed by atoms with E-state index in [1.54, 1.807) is 0 Å². The van der Waals surface area contributed by atoms with Gasteiger partial charge in [-0.2, -0.15) is 0 Å². The first-order valence-corrected chi connectivity index (χ1v) is 33.3. The molecule has 0 saturated heterocycles. The molecule has 1 unspecified atom stereocenters. The van der Waals surface area contributed by atoms with Gasteiger partial charge in [0, 0.05) is 19.3 Å². The third-order valence-corrected chi connectivity index (χ3v) is 13.4. The highest BCUT2D eigenvalue weighted by molar-refractivity contribution is 5.71. The molecule has 0 bridgehead atoms. The summed E-state index contributed by atoms with van der Waals surface area (Å²) in [5, 5.41) is 0. The lowest BCUT2D eigenvalue weighted by molar-refractivity contribution is -0.167. The summed E-state index contributed by atoms with van der Waals surface area (Å²) >= 11 is 0. The van der Waals surface area contributed by atoms with E-state index in [1.807, 2.05) is 0 Å². The first-order valence-electron chi connectivity index (χ1n) is 33.3. The van der Waals surface area contributed by atoms with E-state index < -0.39 is 6.10 Å². The molecule has 464 valence electrons. The largest absolute Gasteiger partial charge is 0.462 e. The average molecular weight is 1140 g/mol. The van der Waals surface area contributed by atoms with E-state index in [2.05, 4.69) is 203 Å². The zero-order valence-corrected chi connectivity index (χ0v) is 53.1. The van der Waals surface area contributed by atoms with Gasteiger partial charge in [0.2, 0.25) is 0 Å². The van der Waals surface area contributed by atoms with Crippen LogP contribution in [0.3, 0.4) is 0 Å². The second-order valence-electron chi connectivity index (χ2n) is 21.2. The Morgan fingerprint density at radius 3 is 0.687 bits per heavy atom. The predicted molar refractivity (Wildman–Crippen MR) is 361 cm³/mol. The van der Waals surface area contributed by atoms with Crippen molar-refractivity contribution in [3.63, 3.8) is 0 Å². The maximum atomic E-state index is 12.9. The Balaban J connectivity index is 4.43. The zero-order chi connectivity index (χ0) is 59.9. The summed E-state index contributed by atoms with van der Waals surface area (Å²) < 4.78 is 16.9. The lowest BCUT2D eigenvalue weighted by Crippen LogP contribution is -2.30. The van der Waals surface area contributed by atoms with E-state index in [-0.39, 0.29) is 31.1 Å². The van der Waals surface area contributed by atoms with Gasteiger partial charge in [0.1, 0.15) is 13.2 Å². The molecule has 0 rings (SSSR count). The van der Waals surface area contributed by atoms with Crippen molar-refractivity contribution >= 4 is 17.9 Å². The second kappa shape index (κ2) is 69.0. The van der Waals surface area contributed by atoms with Gasteiger partial charge in [-0.3, -0.25) is 14.4 Å². The predicted octanol–water partition coefficient (Wildman–Crippen LogP) is 23.2. The molecule has 0 N–H and O–H groups in total. The number of unbranched alkanes of at least 4 members (excludes halogenated alkanes) is 17. The van der Waals surface area contributed by atoms with Gasteiger partial charge in [0.05, 0.1) is 0 Å². The Hall–Kier alpha value is -5.49. The third-order valence-electron chi connectivity index (χ3n) is 13.4. The minimum absolute atomic E-state index is 0.111. The summed E-state index contributed by atoms with van der Waals surface area (Å²) in [4.78, 5) is 38.4. The van der Waals surface area contributed by atoms with Crippen LogP contribution in [0.2, 0.25) is 0 Å². The molecule has 0 heterocycles. The summed E-state index contributed by atoms with van der Waals surface area (Å²) in [6, 6.07) is 0. The Bertz CT molecular complexity index is 1940. The van der Waals surface area contributed by atoms with Crippen LogP contribution in [0, 0.1) is 0 Å². The lowest BCUT2D eigenvalue weighted by atomic mass is 10.0. The number of rotatable bonds is 58. The van der Waals surface area contributed by atoms with Crippen LogP contribution in [-0.4, -0.2) is 37.2 Å². The number of hydrogen-bond acceptors (Lipinski definition) is 6. The molecule has 0 aromatic heterocycles. The smallest absolute Gasteiger partial charge is 0.306 e. The molecule has 0 radical (unpaired) electrons. The number of carbonyl (C=O) groups is 3. The standard InChI is InChI=1S/C77H120O6/c1-4-7-10-13-16-19-22-25-27-29-31-33-35-36-37-38-39-40-42-43-45-47-49-52-55-58-61-64-67-70-76(79)82-73-74(72-81-75(78)69-66-63-60-57-54-51-24-21-18-15-12-9-6-3)83-77(80)71-68-65-62-59-56-53-50-48-46-44-41-34-32-30-28-26-23-20-17-14-11-8-5-2/h7-12,16-21,25-28,31-34,36-37,39-40,43,45,49,51-52,54,74H,4-6,13-15,22-24,29-30,35,38,41-42,44,46-48,50,53,55-73H2,1-3H3/b10-7-,11-8-,12-9-,19-16-,20-17-,21-18-,27-25-,28-26-,33-31-,34-32-,37-36-,40-39-,45-43-,52-49-,54-51-. The Morgan fingerprint density at radius 1 is 0.241 bits per heavy atom. The van der Waals surface area contributed by atoms with Crippen molar-refractivity contribution in [3.8, 4) is 0 Å². The molecule has 0 aromatic carbocycles. The van der Waals surface area contributed by atoms with E-state index in [9.17, 15) is 14.4 Å². The van der Waals surface area contributed by atoms with Gasteiger partial charge >= 0.3 is 17.9 Å². The van der Waals surface area contributed by atoms with Crippen LogP contribution < -0.4 is 0 Å². The molecular weight excluding hydrogens is 1020 g/mol. The van der Waals surface area contributed by atoms with Crippen molar-refractivity contribution in [1.82, 2.24) is 0 Å². The minimum Gasteiger partial charge on any atom is -0.462 e. The van der Waals surface area contributed by atoms with Gasteiger partial charge in [-0.15, -0.1) is 0 Å². The maximum Gasteiger partial charge on any atom is 0.306 e. The topological polar surface area (TPSA) is 78.9 Å². The van der Waals surface area contributed by atoms with E-state index in [4.69, 9.17) is 14.2 Å². The van der Waals surface area contributed by atoms with Crippen LogP contribution in [0.15, 0.2) is 182 Å². The van der Waals surface area contributed by atoms with Crippen LogP contribution in [0.25, 0.3) is 0 Å². The molecule has 0 aromatic rings. The van der Waals surface area contributed by atoms with Crippen molar-refractivity contribution in [3.05, 3.63) is 182 Å². The van der Waals surface area contributed by atoms with Crippen molar-refractivity contribution < 1.29 is 28.6 Å². The molecule has 0 aliphatic carbocycles. The minimum atomic E-state index is -0.815. The van der Waals surface area contributed by atoms with Crippen LogP contribution in [-0.2, 0) is 28.6 Å². The van der Waals surface area contributed by atoms with Crippen molar-refractivity contribution in [2.24, 2.45) is 0 Å². The van der Waals surface area contributed by atoms with E-state index in [1.165, 1.54) is 51.4 Å². The molecule has 0 amide bonds. The van der Waals surface area contributed by atoms with Crippen LogP contribution >= 0.6 is 0 Å². The number of ether oxygens (including phenoxy) is 3. The summed E-state index contributed by atoms with van der Waals surface area (Å²) in [5.74, 6) is -0.973. The van der Waals surface area contributed by atoms with Gasteiger partial charge in [-0.1, -0.05) is 274 Å². The SMILES string of the molecule is CC/C=C\C/C=C\C/C=C\C/C=C\C/C=C\C/C=C\C/C=C\C/C=C\CCCCCCC(=O)OCC(COC(=O)CCCCC/C=C\C/C=C\C/C=C\CC)OC(=O)CCCCCCCCCCCC/C=C\C/C=C\C/C=C\C/C=C\CC. The highest BCUT2D eigenvalue weighted by Crippen LogP contribution is 2.15. The van der Waals surface area contributed by atoms with Gasteiger partial charge in [0.25, 0.3) is 0 Å². The lowest BCUT2D eigenvalue weighted by Gasteiger charge is -2.18. The molecule has 0 saturated carbocycles. The van der Waals surface area contributed by atoms with E-state index in [0.717, 1.165) is 173 Å². The molecule has 83 heavy (non-hydrogen) atoms.